The number of likely N-dealkylation sites (tertiary alicyclic amines) is 1. The molecular weight excluding hydrogens is 713 g/mol. The quantitative estimate of drug-likeness (QED) is 0.110. The molecule has 0 unspecified atom stereocenters. The first-order valence-corrected chi connectivity index (χ1v) is 18.6. The van der Waals surface area contributed by atoms with Crippen molar-refractivity contribution in [2.24, 2.45) is 11.7 Å². The van der Waals surface area contributed by atoms with Crippen LogP contribution in [-0.2, 0) is 29.2 Å². The predicted molar refractivity (Wildman–Crippen MR) is 200 cm³/mol. The average Bonchev–Trinajstić information content (AvgIpc) is 3.75. The molecule has 6 rings (SSSR count). The summed E-state index contributed by atoms with van der Waals surface area (Å²) in [7, 11) is -2.72. The number of ether oxygens (including phenoxy) is 2. The van der Waals surface area contributed by atoms with Gasteiger partial charge in [-0.25, -0.2) is 18.1 Å². The topological polar surface area (TPSA) is 199 Å². The molecule has 15 heteroatoms. The van der Waals surface area contributed by atoms with Gasteiger partial charge >= 0.3 is 0 Å². The molecule has 1 saturated heterocycles. The van der Waals surface area contributed by atoms with Crippen molar-refractivity contribution in [1.82, 2.24) is 25.2 Å². The second-order valence-electron chi connectivity index (χ2n) is 13.0. The van der Waals surface area contributed by atoms with Crippen LogP contribution in [0.3, 0.4) is 0 Å². The van der Waals surface area contributed by atoms with Gasteiger partial charge in [0.15, 0.2) is 0 Å². The Morgan fingerprint density at radius 1 is 1.04 bits per heavy atom. The van der Waals surface area contributed by atoms with Crippen molar-refractivity contribution in [3.05, 3.63) is 110 Å². The number of sulfonamides is 1. The second kappa shape index (κ2) is 15.5. The molecule has 4 amide bonds. The fourth-order valence-electron chi connectivity index (χ4n) is 6.50. The zero-order valence-corrected chi connectivity index (χ0v) is 30.3. The molecule has 14 nitrogen and oxygen atoms in total. The van der Waals surface area contributed by atoms with Crippen molar-refractivity contribution in [2.45, 2.75) is 41.5 Å². The fraction of sp³-hybridized carbons (Fsp3) is 0.256. The van der Waals surface area contributed by atoms with Crippen LogP contribution >= 0.6 is 0 Å². The van der Waals surface area contributed by atoms with E-state index in [4.69, 9.17) is 20.2 Å². The Balaban J connectivity index is 1.30. The lowest BCUT2D eigenvalue weighted by Gasteiger charge is -2.28. The molecule has 1 saturated carbocycles. The Kier molecular flexibility index (Phi) is 10.8. The summed E-state index contributed by atoms with van der Waals surface area (Å²) >= 11 is 0. The van der Waals surface area contributed by atoms with Crippen molar-refractivity contribution in [1.29, 1.82) is 0 Å². The van der Waals surface area contributed by atoms with Gasteiger partial charge in [0.25, 0.3) is 15.9 Å². The van der Waals surface area contributed by atoms with Crippen LogP contribution in [0.4, 0.5) is 0 Å². The van der Waals surface area contributed by atoms with Gasteiger partial charge < -0.3 is 30.7 Å². The van der Waals surface area contributed by atoms with Crippen molar-refractivity contribution < 1.29 is 37.1 Å². The summed E-state index contributed by atoms with van der Waals surface area (Å²) in [4.78, 5) is 59.5. The van der Waals surface area contributed by atoms with Crippen molar-refractivity contribution in [3.63, 3.8) is 0 Å². The van der Waals surface area contributed by atoms with Crippen molar-refractivity contribution in [3.8, 4) is 22.8 Å². The molecule has 0 bridgehead atoms. The van der Waals surface area contributed by atoms with Gasteiger partial charge in [-0.1, -0.05) is 61.2 Å². The molecule has 5 atom stereocenters. The Labute approximate surface area is 312 Å². The molecule has 280 valence electrons. The molecule has 2 aliphatic rings. The highest BCUT2D eigenvalue weighted by Gasteiger charge is 2.61. The van der Waals surface area contributed by atoms with E-state index < -0.39 is 63.3 Å². The first-order valence-electron chi connectivity index (χ1n) is 17.1. The number of carbonyl (C=O) groups is 4. The van der Waals surface area contributed by atoms with Gasteiger partial charge in [0.2, 0.25) is 17.7 Å². The molecule has 54 heavy (non-hydrogen) atoms. The van der Waals surface area contributed by atoms with Gasteiger partial charge in [-0.15, -0.1) is 6.58 Å². The number of benzene rings is 3. The van der Waals surface area contributed by atoms with Gasteiger partial charge in [-0.3, -0.25) is 19.2 Å². The summed E-state index contributed by atoms with van der Waals surface area (Å²) in [5.74, 6) is -2.40. The van der Waals surface area contributed by atoms with Crippen LogP contribution in [0.15, 0.2) is 115 Å². The van der Waals surface area contributed by atoms with E-state index in [1.807, 2.05) is 30.3 Å². The fourth-order valence-corrected chi connectivity index (χ4v) is 7.56. The van der Waals surface area contributed by atoms with Crippen LogP contribution in [0.5, 0.6) is 11.5 Å². The molecular formula is C39H40N6O8S. The minimum Gasteiger partial charge on any atom is -0.497 e. The van der Waals surface area contributed by atoms with Gasteiger partial charge in [0.1, 0.15) is 35.2 Å². The number of hydrogen-bond donors (Lipinski definition) is 4. The summed E-state index contributed by atoms with van der Waals surface area (Å²) in [6, 6.07) is 21.6. The number of nitrogens with zero attached hydrogens (tertiary/aromatic N) is 2. The molecule has 0 radical (unpaired) electrons. The van der Waals surface area contributed by atoms with Crippen molar-refractivity contribution in [2.75, 3.05) is 20.2 Å². The smallest absolute Gasteiger partial charge is 0.264 e. The highest BCUT2D eigenvalue weighted by atomic mass is 32.2. The SMILES string of the molecule is C=CC(=O)NC[C@H](N)C(=O)N1C[C@H](Oc2cc(-c3ccccc3)nc3cc(OC)ccc23)C[C@H]1C(=O)N[C@]1(C(=O)NS(=O)(=O)c2ccccc2)C[C@H]1C=C. The van der Waals surface area contributed by atoms with E-state index in [0.717, 1.165) is 11.6 Å². The zero-order chi connectivity index (χ0) is 38.6. The van der Waals surface area contributed by atoms with E-state index in [-0.39, 0.29) is 30.8 Å². The summed E-state index contributed by atoms with van der Waals surface area (Å²) in [5.41, 5.74) is 6.63. The number of fused-ring (bicyclic) bond motifs is 1. The lowest BCUT2D eigenvalue weighted by atomic mass is 10.1. The number of rotatable bonds is 14. The van der Waals surface area contributed by atoms with E-state index in [0.29, 0.717) is 28.1 Å². The molecule has 3 aromatic carbocycles. The Morgan fingerprint density at radius 2 is 1.74 bits per heavy atom. The average molecular weight is 753 g/mol. The molecule has 4 aromatic rings. The third-order valence-corrected chi connectivity index (χ3v) is 10.9. The molecule has 2 heterocycles. The number of pyridine rings is 1. The summed E-state index contributed by atoms with van der Waals surface area (Å²) in [6.45, 7) is 6.85. The lowest BCUT2D eigenvalue weighted by molar-refractivity contribution is -0.140. The minimum atomic E-state index is -4.27. The number of aromatic nitrogens is 1. The molecule has 1 aromatic heterocycles. The monoisotopic (exact) mass is 752 g/mol. The summed E-state index contributed by atoms with van der Waals surface area (Å²) in [5, 5.41) is 5.90. The largest absolute Gasteiger partial charge is 0.497 e. The van der Waals surface area contributed by atoms with E-state index in [1.165, 1.54) is 35.2 Å². The first kappa shape index (κ1) is 37.7. The van der Waals surface area contributed by atoms with E-state index in [2.05, 4.69) is 28.5 Å². The van der Waals surface area contributed by atoms with Gasteiger partial charge in [0.05, 0.1) is 29.8 Å². The van der Waals surface area contributed by atoms with Crippen LogP contribution in [-0.4, -0.2) is 85.9 Å². The number of methoxy groups -OCH3 is 1. The second-order valence-corrected chi connectivity index (χ2v) is 14.7. The maximum atomic E-state index is 14.2. The number of nitrogens with two attached hydrogens (primary N) is 1. The van der Waals surface area contributed by atoms with Gasteiger partial charge in [0, 0.05) is 42.0 Å². The number of hydrogen-bond acceptors (Lipinski definition) is 10. The third-order valence-electron chi connectivity index (χ3n) is 9.52. The van der Waals surface area contributed by atoms with Crippen LogP contribution in [0.2, 0.25) is 0 Å². The number of nitrogens with one attached hydrogen (secondary N) is 3. The Morgan fingerprint density at radius 3 is 2.39 bits per heavy atom. The standard InChI is InChI=1S/C39H40N6O8S/c1-4-25-21-39(25,38(49)44-54(50,51)28-14-10-7-11-15-28)43-36(47)33-19-27(23-45(33)37(48)30(40)22-41-35(46)5-2)53-34-20-31(24-12-8-6-9-13-24)42-32-18-26(52-3)16-17-29(32)34/h4-18,20,25,27,30,33H,1-2,19,21-23,40H2,3H3,(H,41,46)(H,43,47)(H,44,49)/t25-,27-,30+,33+,39-/m1/s1. The summed E-state index contributed by atoms with van der Waals surface area (Å²) < 4.78 is 40.2. The van der Waals surface area contributed by atoms with Crippen LogP contribution in [0, 0.1) is 5.92 Å². The zero-order valence-electron chi connectivity index (χ0n) is 29.4. The third kappa shape index (κ3) is 7.82. The Bertz CT molecular complexity index is 2220. The lowest BCUT2D eigenvalue weighted by Crippen LogP contribution is -2.58. The highest BCUT2D eigenvalue weighted by molar-refractivity contribution is 7.90. The number of amides is 4. The van der Waals surface area contributed by atoms with Crippen LogP contribution in [0.1, 0.15) is 12.8 Å². The molecule has 0 spiro atoms. The van der Waals surface area contributed by atoms with E-state index in [1.54, 1.807) is 37.4 Å². The van der Waals surface area contributed by atoms with Crippen LogP contribution < -0.4 is 30.6 Å². The predicted octanol–water partition coefficient (Wildman–Crippen LogP) is 2.45. The molecule has 2 fully saturated rings. The van der Waals surface area contributed by atoms with E-state index >= 15 is 0 Å². The maximum Gasteiger partial charge on any atom is 0.264 e. The minimum absolute atomic E-state index is 0.0112. The van der Waals surface area contributed by atoms with Gasteiger partial charge in [-0.2, -0.15) is 0 Å². The Hall–Kier alpha value is -6.06. The molecule has 5 N–H and O–H groups in total. The maximum absolute atomic E-state index is 14.2. The van der Waals surface area contributed by atoms with Crippen molar-refractivity contribution >= 4 is 44.6 Å². The first-order chi connectivity index (χ1) is 25.9. The summed E-state index contributed by atoms with van der Waals surface area (Å²) in [6.07, 6.45) is 1.84. The van der Waals surface area contributed by atoms with Gasteiger partial charge in [-0.05, 0) is 36.8 Å². The molecule has 1 aliphatic carbocycles. The highest BCUT2D eigenvalue weighted by Crippen LogP contribution is 2.45. The number of carbonyl (C=O) groups excluding carboxylic acids is 4. The molecule has 1 aliphatic heterocycles. The van der Waals surface area contributed by atoms with E-state index in [9.17, 15) is 27.6 Å². The normalized spacial score (nSPS) is 21.0. The van der Waals surface area contributed by atoms with Crippen LogP contribution in [0.25, 0.3) is 22.2 Å².